The predicted molar refractivity (Wildman–Crippen MR) is 61.5 cm³/mol. The first-order valence-electron chi connectivity index (χ1n) is 4.75. The van der Waals surface area contributed by atoms with Crippen molar-refractivity contribution in [1.29, 1.82) is 0 Å². The smallest absolute Gasteiger partial charge is 0.153 e. The molecule has 0 saturated carbocycles. The van der Waals surface area contributed by atoms with Crippen molar-refractivity contribution in [3.05, 3.63) is 30.2 Å². The zero-order valence-electron chi connectivity index (χ0n) is 9.07. The first-order chi connectivity index (χ1) is 7.65. The monoisotopic (exact) mass is 221 g/mol. The lowest BCUT2D eigenvalue weighted by Crippen LogP contribution is -2.17. The summed E-state index contributed by atoms with van der Waals surface area (Å²) >= 11 is 0. The lowest BCUT2D eigenvalue weighted by molar-refractivity contribution is 0.183. The summed E-state index contributed by atoms with van der Waals surface area (Å²) in [5.41, 5.74) is 6.87. The van der Waals surface area contributed by atoms with E-state index in [2.05, 4.69) is 4.98 Å². The lowest BCUT2D eigenvalue weighted by Gasteiger charge is -2.18. The minimum Gasteiger partial charge on any atom is -0.398 e. The molecule has 4 nitrogen and oxygen atoms in total. The molecular weight excluding hydrogens is 209 g/mol. The second kappa shape index (κ2) is 3.94. The minimum atomic E-state index is -0.451. The van der Waals surface area contributed by atoms with E-state index in [0.717, 1.165) is 0 Å². The van der Waals surface area contributed by atoms with Crippen LogP contribution in [0.1, 0.15) is 0 Å². The molecule has 1 aromatic carbocycles. The van der Waals surface area contributed by atoms with Crippen LogP contribution < -0.4 is 10.8 Å². The molecule has 1 aromatic heterocycles. The Morgan fingerprint density at radius 2 is 2.25 bits per heavy atom. The van der Waals surface area contributed by atoms with Gasteiger partial charge < -0.3 is 5.73 Å². The number of rotatable bonds is 2. The molecule has 2 rings (SSSR count). The van der Waals surface area contributed by atoms with Gasteiger partial charge in [0.05, 0.1) is 7.11 Å². The van der Waals surface area contributed by atoms with E-state index < -0.39 is 5.82 Å². The second-order valence-corrected chi connectivity index (χ2v) is 3.38. The highest BCUT2D eigenvalue weighted by molar-refractivity contribution is 5.98. The third kappa shape index (κ3) is 1.55. The van der Waals surface area contributed by atoms with Gasteiger partial charge in [-0.1, -0.05) is 0 Å². The summed E-state index contributed by atoms with van der Waals surface area (Å²) in [5.74, 6) is -0.451. The number of anilines is 2. The molecule has 16 heavy (non-hydrogen) atoms. The molecule has 0 amide bonds. The average molecular weight is 221 g/mol. The van der Waals surface area contributed by atoms with Gasteiger partial charge in [0.15, 0.2) is 5.82 Å². The van der Waals surface area contributed by atoms with E-state index in [1.165, 1.54) is 18.2 Å². The van der Waals surface area contributed by atoms with Crippen molar-refractivity contribution in [3.63, 3.8) is 0 Å². The number of hydroxylamine groups is 1. The summed E-state index contributed by atoms with van der Waals surface area (Å²) in [7, 11) is 3.08. The summed E-state index contributed by atoms with van der Waals surface area (Å²) in [6, 6.07) is 4.83. The minimum absolute atomic E-state index is 0.285. The van der Waals surface area contributed by atoms with Gasteiger partial charge in [0.25, 0.3) is 0 Å². The van der Waals surface area contributed by atoms with E-state index >= 15 is 0 Å². The number of pyridine rings is 1. The number of nitrogens with zero attached hydrogens (tertiary/aromatic N) is 2. The molecule has 0 saturated heterocycles. The van der Waals surface area contributed by atoms with Gasteiger partial charge in [-0.25, -0.2) is 4.39 Å². The van der Waals surface area contributed by atoms with E-state index in [-0.39, 0.29) is 5.69 Å². The standard InChI is InChI=1S/C11H12FN3O/c1-15(16-2)11-8(12)6-9(13)7-4-3-5-14-10(7)11/h3-6H,13H2,1-2H3. The van der Waals surface area contributed by atoms with Crippen LogP contribution in [-0.4, -0.2) is 19.1 Å². The topological polar surface area (TPSA) is 51.4 Å². The Balaban J connectivity index is 2.81. The Morgan fingerprint density at radius 1 is 1.50 bits per heavy atom. The van der Waals surface area contributed by atoms with E-state index in [1.807, 2.05) is 0 Å². The van der Waals surface area contributed by atoms with Crippen LogP contribution in [0.3, 0.4) is 0 Å². The van der Waals surface area contributed by atoms with Crippen LogP contribution in [0.5, 0.6) is 0 Å². The fourth-order valence-corrected chi connectivity index (χ4v) is 1.61. The lowest BCUT2D eigenvalue weighted by atomic mass is 10.1. The highest BCUT2D eigenvalue weighted by atomic mass is 19.1. The number of nitrogen functional groups attached to an aromatic ring is 1. The van der Waals surface area contributed by atoms with Gasteiger partial charge in [-0.3, -0.25) is 14.9 Å². The van der Waals surface area contributed by atoms with Crippen molar-refractivity contribution >= 4 is 22.3 Å². The van der Waals surface area contributed by atoms with Gasteiger partial charge in [0.1, 0.15) is 11.2 Å². The largest absolute Gasteiger partial charge is 0.398 e. The van der Waals surface area contributed by atoms with Gasteiger partial charge in [0.2, 0.25) is 0 Å². The highest BCUT2D eigenvalue weighted by Gasteiger charge is 2.15. The first-order valence-corrected chi connectivity index (χ1v) is 4.75. The van der Waals surface area contributed by atoms with Gasteiger partial charge >= 0.3 is 0 Å². The molecule has 0 bridgehead atoms. The van der Waals surface area contributed by atoms with Crippen LogP contribution in [0.25, 0.3) is 10.9 Å². The van der Waals surface area contributed by atoms with E-state index in [4.69, 9.17) is 10.6 Å². The van der Waals surface area contributed by atoms with Crippen molar-refractivity contribution in [2.75, 3.05) is 25.0 Å². The first kappa shape index (κ1) is 10.6. The Labute approximate surface area is 92.4 Å². The molecule has 84 valence electrons. The molecule has 0 aliphatic heterocycles. The Morgan fingerprint density at radius 3 is 2.94 bits per heavy atom. The van der Waals surface area contributed by atoms with Crippen molar-refractivity contribution in [2.45, 2.75) is 0 Å². The van der Waals surface area contributed by atoms with Crippen molar-refractivity contribution in [3.8, 4) is 0 Å². The third-order valence-electron chi connectivity index (χ3n) is 2.44. The van der Waals surface area contributed by atoms with Crippen LogP contribution in [0.2, 0.25) is 0 Å². The summed E-state index contributed by atoms with van der Waals surface area (Å²) in [6.45, 7) is 0. The summed E-state index contributed by atoms with van der Waals surface area (Å²) < 4.78 is 13.8. The zero-order chi connectivity index (χ0) is 11.7. The number of nitrogens with two attached hydrogens (primary N) is 1. The van der Waals surface area contributed by atoms with Gasteiger partial charge in [-0.2, -0.15) is 0 Å². The number of halogens is 1. The van der Waals surface area contributed by atoms with Crippen LogP contribution in [0.4, 0.5) is 15.8 Å². The third-order valence-corrected chi connectivity index (χ3v) is 2.44. The van der Waals surface area contributed by atoms with Crippen LogP contribution >= 0.6 is 0 Å². The maximum absolute atomic E-state index is 13.8. The highest BCUT2D eigenvalue weighted by Crippen LogP contribution is 2.31. The number of hydrogen-bond donors (Lipinski definition) is 1. The zero-order valence-corrected chi connectivity index (χ0v) is 9.07. The van der Waals surface area contributed by atoms with Crippen molar-refractivity contribution in [1.82, 2.24) is 4.98 Å². The SMILES string of the molecule is CON(C)c1c(F)cc(N)c2cccnc12. The summed E-state index contributed by atoms with van der Waals surface area (Å²) in [4.78, 5) is 9.11. The van der Waals surface area contributed by atoms with E-state index in [0.29, 0.717) is 16.6 Å². The fraction of sp³-hybridized carbons (Fsp3) is 0.182. The number of hydrogen-bond acceptors (Lipinski definition) is 4. The van der Waals surface area contributed by atoms with Gasteiger partial charge in [0, 0.05) is 24.3 Å². The Bertz CT molecular complexity index is 530. The molecule has 0 fully saturated rings. The molecule has 0 radical (unpaired) electrons. The molecule has 0 atom stereocenters. The van der Waals surface area contributed by atoms with E-state index in [1.54, 1.807) is 25.4 Å². The molecule has 2 N–H and O–H groups in total. The van der Waals surface area contributed by atoms with Crippen molar-refractivity contribution < 1.29 is 9.23 Å². The molecule has 5 heteroatoms. The maximum Gasteiger partial charge on any atom is 0.153 e. The average Bonchev–Trinajstić information content (AvgIpc) is 2.28. The molecule has 0 aliphatic rings. The number of benzene rings is 1. The van der Waals surface area contributed by atoms with Crippen molar-refractivity contribution in [2.24, 2.45) is 0 Å². The van der Waals surface area contributed by atoms with Crippen LogP contribution in [0, 0.1) is 5.82 Å². The summed E-state index contributed by atoms with van der Waals surface area (Å²) in [5, 5.41) is 2.03. The second-order valence-electron chi connectivity index (χ2n) is 3.38. The summed E-state index contributed by atoms with van der Waals surface area (Å²) in [6.07, 6.45) is 1.59. The predicted octanol–water partition coefficient (Wildman–Crippen LogP) is 1.95. The molecule has 0 spiro atoms. The quantitative estimate of drug-likeness (QED) is 0.622. The Kier molecular flexibility index (Phi) is 2.62. The molecule has 1 heterocycles. The molecular formula is C11H12FN3O. The number of aromatic nitrogens is 1. The van der Waals surface area contributed by atoms with Crippen LogP contribution in [0.15, 0.2) is 24.4 Å². The maximum atomic E-state index is 13.8. The van der Waals surface area contributed by atoms with Gasteiger partial charge in [-0.05, 0) is 18.2 Å². The van der Waals surface area contributed by atoms with Gasteiger partial charge in [-0.15, -0.1) is 0 Å². The normalized spacial score (nSPS) is 10.7. The molecule has 0 aliphatic carbocycles. The fourth-order valence-electron chi connectivity index (χ4n) is 1.61. The number of fused-ring (bicyclic) bond motifs is 1. The van der Waals surface area contributed by atoms with Crippen LogP contribution in [-0.2, 0) is 4.84 Å². The Hall–Kier alpha value is -1.88. The molecule has 0 unspecified atom stereocenters. The van der Waals surface area contributed by atoms with E-state index in [9.17, 15) is 4.39 Å². The molecule has 2 aromatic rings.